The minimum absolute atomic E-state index is 0.0828. The molecule has 0 N–H and O–H groups in total. The number of halogens is 3. The highest BCUT2D eigenvalue weighted by molar-refractivity contribution is 5.29. The summed E-state index contributed by atoms with van der Waals surface area (Å²) < 4.78 is 42.3. The summed E-state index contributed by atoms with van der Waals surface area (Å²) in [5.41, 5.74) is 0.641. The van der Waals surface area contributed by atoms with Crippen LogP contribution in [0.25, 0.3) is 0 Å². The van der Waals surface area contributed by atoms with Crippen LogP contribution in [0.15, 0.2) is 36.8 Å². The van der Waals surface area contributed by atoms with Gasteiger partial charge in [0, 0.05) is 0 Å². The molecule has 0 aliphatic carbocycles. The maximum atomic E-state index is 12.1. The molecule has 0 aliphatic rings. The first-order chi connectivity index (χ1) is 9.83. The molecule has 6 nitrogen and oxygen atoms in total. The van der Waals surface area contributed by atoms with E-state index in [-0.39, 0.29) is 18.1 Å². The van der Waals surface area contributed by atoms with Crippen LogP contribution in [-0.4, -0.2) is 27.3 Å². The van der Waals surface area contributed by atoms with Crippen molar-refractivity contribution in [2.75, 3.05) is 6.61 Å². The van der Waals surface area contributed by atoms with Crippen LogP contribution in [0.2, 0.25) is 0 Å². The lowest BCUT2D eigenvalue weighted by atomic mass is 10.2. The Morgan fingerprint density at radius 2 is 2.14 bits per heavy atom. The standard InChI is InChI=1S/C12H10F3N3O3/c13-12(14,15)7-21-10-3-1-2-9(4-10)5-17-6-11(16-8-17)18(19)20/h1-4,6,8H,5,7H2. The Labute approximate surface area is 116 Å². The Morgan fingerprint density at radius 1 is 1.38 bits per heavy atom. The van der Waals surface area contributed by atoms with Gasteiger partial charge in [-0.1, -0.05) is 12.1 Å². The van der Waals surface area contributed by atoms with Crippen molar-refractivity contribution >= 4 is 5.82 Å². The minimum atomic E-state index is -4.40. The fraction of sp³-hybridized carbons (Fsp3) is 0.250. The topological polar surface area (TPSA) is 70.2 Å². The van der Waals surface area contributed by atoms with Gasteiger partial charge in [0.1, 0.15) is 11.9 Å². The lowest BCUT2D eigenvalue weighted by Crippen LogP contribution is -2.19. The Kier molecular flexibility index (Phi) is 4.10. The summed E-state index contributed by atoms with van der Waals surface area (Å²) >= 11 is 0. The summed E-state index contributed by atoms with van der Waals surface area (Å²) in [5, 5.41) is 10.5. The second-order valence-electron chi connectivity index (χ2n) is 4.21. The number of ether oxygens (including phenoxy) is 1. The molecule has 1 heterocycles. The Hall–Kier alpha value is -2.58. The number of benzene rings is 1. The lowest BCUT2D eigenvalue weighted by Gasteiger charge is -2.10. The van der Waals surface area contributed by atoms with Gasteiger partial charge in [-0.05, 0) is 27.6 Å². The van der Waals surface area contributed by atoms with Crippen molar-refractivity contribution in [3.05, 3.63) is 52.5 Å². The third-order valence-electron chi connectivity index (χ3n) is 2.47. The van der Waals surface area contributed by atoms with Crippen LogP contribution in [-0.2, 0) is 6.54 Å². The predicted octanol–water partition coefficient (Wildman–Crippen LogP) is 2.78. The summed E-state index contributed by atoms with van der Waals surface area (Å²) in [6, 6.07) is 6.07. The van der Waals surface area contributed by atoms with E-state index < -0.39 is 17.7 Å². The molecular weight excluding hydrogens is 291 g/mol. The number of hydrogen-bond acceptors (Lipinski definition) is 4. The monoisotopic (exact) mass is 301 g/mol. The van der Waals surface area contributed by atoms with E-state index in [1.807, 2.05) is 0 Å². The molecule has 0 bridgehead atoms. The molecule has 0 atom stereocenters. The van der Waals surface area contributed by atoms with Crippen molar-refractivity contribution in [3.8, 4) is 5.75 Å². The Balaban J connectivity index is 2.04. The van der Waals surface area contributed by atoms with Crippen LogP contribution in [0, 0.1) is 10.1 Å². The molecule has 0 saturated carbocycles. The first-order valence-electron chi connectivity index (χ1n) is 5.78. The second-order valence-corrected chi connectivity index (χ2v) is 4.21. The fourth-order valence-corrected chi connectivity index (χ4v) is 1.64. The van der Waals surface area contributed by atoms with Crippen molar-refractivity contribution in [3.63, 3.8) is 0 Å². The van der Waals surface area contributed by atoms with Crippen molar-refractivity contribution in [2.24, 2.45) is 0 Å². The first-order valence-corrected chi connectivity index (χ1v) is 5.78. The lowest BCUT2D eigenvalue weighted by molar-refractivity contribution is -0.389. The van der Waals surface area contributed by atoms with E-state index in [1.54, 1.807) is 12.1 Å². The molecule has 0 amide bonds. The Bertz CT molecular complexity index is 640. The summed E-state index contributed by atoms with van der Waals surface area (Å²) in [6.07, 6.45) is -1.88. The zero-order chi connectivity index (χ0) is 15.5. The third kappa shape index (κ3) is 4.48. The Morgan fingerprint density at radius 3 is 2.76 bits per heavy atom. The average molecular weight is 301 g/mol. The molecule has 1 aromatic heterocycles. The molecule has 0 radical (unpaired) electrons. The second kappa shape index (κ2) is 5.81. The van der Waals surface area contributed by atoms with E-state index in [0.29, 0.717) is 5.56 Å². The predicted molar refractivity (Wildman–Crippen MR) is 66.0 cm³/mol. The van der Waals surface area contributed by atoms with E-state index in [4.69, 9.17) is 0 Å². The van der Waals surface area contributed by atoms with Crippen LogP contribution >= 0.6 is 0 Å². The zero-order valence-electron chi connectivity index (χ0n) is 10.6. The van der Waals surface area contributed by atoms with Crippen LogP contribution in [0.1, 0.15) is 5.56 Å². The van der Waals surface area contributed by atoms with Crippen molar-refractivity contribution in [1.29, 1.82) is 0 Å². The molecule has 0 aliphatic heterocycles. The third-order valence-corrected chi connectivity index (χ3v) is 2.47. The van der Waals surface area contributed by atoms with Crippen LogP contribution in [0.5, 0.6) is 5.75 Å². The van der Waals surface area contributed by atoms with Gasteiger partial charge in [-0.25, -0.2) is 0 Å². The molecule has 0 fully saturated rings. The fourth-order valence-electron chi connectivity index (χ4n) is 1.64. The van der Waals surface area contributed by atoms with Gasteiger partial charge in [0.25, 0.3) is 0 Å². The maximum Gasteiger partial charge on any atom is 0.422 e. The zero-order valence-corrected chi connectivity index (χ0v) is 10.6. The molecule has 112 valence electrons. The van der Waals surface area contributed by atoms with Crippen molar-refractivity contribution in [2.45, 2.75) is 12.7 Å². The van der Waals surface area contributed by atoms with Gasteiger partial charge < -0.3 is 19.4 Å². The van der Waals surface area contributed by atoms with Gasteiger partial charge in [-0.15, -0.1) is 0 Å². The van der Waals surface area contributed by atoms with Crippen LogP contribution in [0.3, 0.4) is 0 Å². The highest BCUT2D eigenvalue weighted by atomic mass is 19.4. The van der Waals surface area contributed by atoms with E-state index in [2.05, 4.69) is 9.72 Å². The van der Waals surface area contributed by atoms with Gasteiger partial charge in [0.05, 0.1) is 6.54 Å². The van der Waals surface area contributed by atoms with Crippen LogP contribution in [0.4, 0.5) is 19.0 Å². The maximum absolute atomic E-state index is 12.1. The molecule has 0 saturated heterocycles. The number of hydrogen-bond donors (Lipinski definition) is 0. The molecule has 0 spiro atoms. The van der Waals surface area contributed by atoms with E-state index in [9.17, 15) is 23.3 Å². The van der Waals surface area contributed by atoms with Crippen molar-refractivity contribution in [1.82, 2.24) is 9.55 Å². The minimum Gasteiger partial charge on any atom is -0.484 e. The van der Waals surface area contributed by atoms with Gasteiger partial charge in [0.2, 0.25) is 6.33 Å². The number of imidazole rings is 1. The highest BCUT2D eigenvalue weighted by Gasteiger charge is 2.28. The smallest absolute Gasteiger partial charge is 0.422 e. The average Bonchev–Trinajstić information content (AvgIpc) is 2.85. The van der Waals surface area contributed by atoms with Gasteiger partial charge in [-0.3, -0.25) is 0 Å². The first kappa shape index (κ1) is 14.8. The van der Waals surface area contributed by atoms with E-state index in [1.165, 1.54) is 29.2 Å². The number of rotatable bonds is 5. The van der Waals surface area contributed by atoms with Gasteiger partial charge in [-0.2, -0.15) is 13.2 Å². The number of alkyl halides is 3. The summed E-state index contributed by atoms with van der Waals surface area (Å²) in [4.78, 5) is 13.5. The molecule has 21 heavy (non-hydrogen) atoms. The number of nitro groups is 1. The quantitative estimate of drug-likeness (QED) is 0.629. The van der Waals surface area contributed by atoms with Crippen LogP contribution < -0.4 is 4.74 Å². The normalized spacial score (nSPS) is 11.4. The molecule has 2 rings (SSSR count). The summed E-state index contributed by atoms with van der Waals surface area (Å²) in [6.45, 7) is -1.13. The van der Waals surface area contributed by atoms with Gasteiger partial charge >= 0.3 is 12.0 Å². The number of aromatic nitrogens is 2. The van der Waals surface area contributed by atoms with Crippen molar-refractivity contribution < 1.29 is 22.8 Å². The van der Waals surface area contributed by atoms with Gasteiger partial charge in [0.15, 0.2) is 6.61 Å². The SMILES string of the molecule is O=[N+]([O-])c1cn(Cc2cccc(OCC(F)(F)F)c2)cn1. The highest BCUT2D eigenvalue weighted by Crippen LogP contribution is 2.20. The molecule has 2 aromatic rings. The summed E-state index contributed by atoms with van der Waals surface area (Å²) in [7, 11) is 0. The largest absolute Gasteiger partial charge is 0.484 e. The molecular formula is C12H10F3N3O3. The summed E-state index contributed by atoms with van der Waals surface area (Å²) in [5.74, 6) is -0.209. The van der Waals surface area contributed by atoms with E-state index >= 15 is 0 Å². The molecule has 0 unspecified atom stereocenters. The molecule has 1 aromatic carbocycles. The number of nitrogens with zero attached hydrogens (tertiary/aromatic N) is 3. The molecule has 9 heteroatoms. The van der Waals surface area contributed by atoms with E-state index in [0.717, 1.165) is 0 Å².